The van der Waals surface area contributed by atoms with Gasteiger partial charge in [-0.05, 0) is 25.1 Å². The minimum absolute atomic E-state index is 0.0130. The van der Waals surface area contributed by atoms with Crippen molar-refractivity contribution in [3.63, 3.8) is 0 Å². The zero-order valence-corrected chi connectivity index (χ0v) is 17.2. The average molecular weight is 444 g/mol. The highest BCUT2D eigenvalue weighted by Crippen LogP contribution is 2.23. The number of carbonyl (C=O) groups is 2. The van der Waals surface area contributed by atoms with E-state index in [1.165, 1.54) is 44.1 Å². The highest BCUT2D eigenvalue weighted by molar-refractivity contribution is 7.92. The van der Waals surface area contributed by atoms with Gasteiger partial charge in [0.1, 0.15) is 0 Å². The predicted octanol–water partition coefficient (Wildman–Crippen LogP) is -0.356. The molecule has 1 aromatic carbocycles. The first kappa shape index (κ1) is 22.2. The van der Waals surface area contributed by atoms with Gasteiger partial charge in [0.15, 0.2) is 4.90 Å². The number of hydrogen-bond donors (Lipinski definition) is 4. The molecule has 0 spiro atoms. The third-order valence-electron chi connectivity index (χ3n) is 3.71. The van der Waals surface area contributed by atoms with E-state index in [9.17, 15) is 27.6 Å². The van der Waals surface area contributed by atoms with Crippen molar-refractivity contribution >= 4 is 39.1 Å². The molecule has 2 rings (SSSR count). The fourth-order valence-electron chi connectivity index (χ4n) is 2.29. The van der Waals surface area contributed by atoms with Crippen molar-refractivity contribution in [2.75, 3.05) is 25.4 Å². The van der Waals surface area contributed by atoms with Crippen molar-refractivity contribution in [2.45, 2.75) is 11.8 Å². The Kier molecular flexibility index (Phi) is 6.49. The van der Waals surface area contributed by atoms with Crippen LogP contribution in [0.25, 0.3) is 0 Å². The van der Waals surface area contributed by atoms with Crippen LogP contribution < -0.4 is 21.3 Å². The van der Waals surface area contributed by atoms with E-state index in [1.807, 2.05) is 4.98 Å². The molecule has 1 heterocycles. The zero-order chi connectivity index (χ0) is 21.9. The smallest absolute Gasteiger partial charge is 0.325 e. The fraction of sp³-hybridized carbons (Fsp3) is 0.250. The van der Waals surface area contributed by atoms with Crippen LogP contribution in [0.1, 0.15) is 16.1 Å². The molecular formula is C16H18ClN5O6S. The van der Waals surface area contributed by atoms with Gasteiger partial charge >= 0.3 is 5.69 Å². The summed E-state index contributed by atoms with van der Waals surface area (Å²) in [6.45, 7) is 1.03. The van der Waals surface area contributed by atoms with Gasteiger partial charge in [0, 0.05) is 19.8 Å². The molecule has 0 aliphatic rings. The van der Waals surface area contributed by atoms with E-state index < -0.39 is 32.1 Å². The van der Waals surface area contributed by atoms with E-state index in [4.69, 9.17) is 11.6 Å². The quantitative estimate of drug-likeness (QED) is 0.476. The van der Waals surface area contributed by atoms with Gasteiger partial charge in [0.25, 0.3) is 21.5 Å². The molecule has 0 aliphatic carbocycles. The van der Waals surface area contributed by atoms with Gasteiger partial charge < -0.3 is 15.2 Å². The number of anilines is 1. The highest BCUT2D eigenvalue weighted by Gasteiger charge is 2.23. The number of halogens is 1. The van der Waals surface area contributed by atoms with Gasteiger partial charge in [0.2, 0.25) is 5.91 Å². The summed E-state index contributed by atoms with van der Waals surface area (Å²) in [5.41, 5.74) is -2.04. The molecule has 0 radical (unpaired) electrons. The third-order valence-corrected chi connectivity index (χ3v) is 5.55. The topological polar surface area (TPSA) is 161 Å². The third kappa shape index (κ3) is 5.23. The molecule has 0 saturated heterocycles. The fourth-order valence-corrected chi connectivity index (χ4v) is 3.85. The molecule has 13 heteroatoms. The van der Waals surface area contributed by atoms with Gasteiger partial charge in [0.05, 0.1) is 22.8 Å². The number of aromatic amines is 2. The first-order valence-corrected chi connectivity index (χ1v) is 9.92. The summed E-state index contributed by atoms with van der Waals surface area (Å²) in [6, 6.07) is 3.71. The zero-order valence-electron chi connectivity index (χ0n) is 15.6. The molecule has 0 bridgehead atoms. The van der Waals surface area contributed by atoms with Gasteiger partial charge in [-0.3, -0.25) is 24.1 Å². The monoisotopic (exact) mass is 443 g/mol. The van der Waals surface area contributed by atoms with E-state index in [1.54, 1.807) is 0 Å². The molecule has 0 saturated carbocycles. The second-order valence-electron chi connectivity index (χ2n) is 6.13. The van der Waals surface area contributed by atoms with Crippen LogP contribution in [-0.4, -0.2) is 55.7 Å². The maximum absolute atomic E-state index is 12.5. The maximum atomic E-state index is 12.5. The Morgan fingerprint density at radius 3 is 2.38 bits per heavy atom. The number of sulfonamides is 1. The summed E-state index contributed by atoms with van der Waals surface area (Å²) >= 11 is 6.05. The summed E-state index contributed by atoms with van der Waals surface area (Å²) < 4.78 is 27.2. The van der Waals surface area contributed by atoms with Crippen LogP contribution in [-0.2, 0) is 14.8 Å². The molecule has 4 N–H and O–H groups in total. The van der Waals surface area contributed by atoms with Crippen LogP contribution >= 0.6 is 11.6 Å². The highest BCUT2D eigenvalue weighted by atomic mass is 35.5. The van der Waals surface area contributed by atoms with Crippen molar-refractivity contribution < 1.29 is 18.0 Å². The molecule has 0 fully saturated rings. The predicted molar refractivity (Wildman–Crippen MR) is 106 cm³/mol. The molecular weight excluding hydrogens is 426 g/mol. The van der Waals surface area contributed by atoms with Crippen LogP contribution in [0, 0.1) is 6.92 Å². The Balaban J connectivity index is 2.25. The number of aromatic nitrogens is 2. The number of aryl methyl sites for hydroxylation is 1. The summed E-state index contributed by atoms with van der Waals surface area (Å²) in [6.07, 6.45) is 0. The largest absolute Gasteiger partial charge is 0.347 e. The lowest BCUT2D eigenvalue weighted by Gasteiger charge is -2.13. The van der Waals surface area contributed by atoms with Crippen LogP contribution in [0.2, 0.25) is 5.02 Å². The van der Waals surface area contributed by atoms with Crippen LogP contribution in [0.5, 0.6) is 0 Å². The SMILES string of the molecule is Cc1[nH]c(=O)[nH]c(=O)c1S(=O)(=O)Nc1ccc(C(=O)NCC(=O)N(C)C)c(Cl)c1. The summed E-state index contributed by atoms with van der Waals surface area (Å²) in [7, 11) is -1.27. The maximum Gasteiger partial charge on any atom is 0.325 e. The van der Waals surface area contributed by atoms with Crippen molar-refractivity contribution in [3.05, 3.63) is 55.3 Å². The Bertz CT molecular complexity index is 1190. The van der Waals surface area contributed by atoms with Crippen molar-refractivity contribution in [1.29, 1.82) is 0 Å². The second kappa shape index (κ2) is 8.49. The molecule has 29 heavy (non-hydrogen) atoms. The number of amides is 2. The Morgan fingerprint density at radius 1 is 1.17 bits per heavy atom. The van der Waals surface area contributed by atoms with Gasteiger partial charge in [-0.2, -0.15) is 0 Å². The molecule has 11 nitrogen and oxygen atoms in total. The van der Waals surface area contributed by atoms with Crippen LogP contribution in [0.15, 0.2) is 32.7 Å². The minimum Gasteiger partial charge on any atom is -0.347 e. The van der Waals surface area contributed by atoms with Crippen molar-refractivity contribution in [2.24, 2.45) is 0 Å². The van der Waals surface area contributed by atoms with E-state index in [2.05, 4.69) is 15.0 Å². The lowest BCUT2D eigenvalue weighted by atomic mass is 10.2. The van der Waals surface area contributed by atoms with Gasteiger partial charge in [-0.15, -0.1) is 0 Å². The molecule has 0 atom stereocenters. The Hall–Kier alpha value is -3.12. The van der Waals surface area contributed by atoms with Crippen LogP contribution in [0.3, 0.4) is 0 Å². The Labute approximate surface area is 170 Å². The number of carbonyl (C=O) groups excluding carboxylic acids is 2. The molecule has 0 aliphatic heterocycles. The molecule has 0 unspecified atom stereocenters. The van der Waals surface area contributed by atoms with E-state index in [0.717, 1.165) is 0 Å². The number of nitrogens with one attached hydrogen (secondary N) is 4. The van der Waals surface area contributed by atoms with Gasteiger partial charge in [-0.25, -0.2) is 13.2 Å². The average Bonchev–Trinajstić information content (AvgIpc) is 2.57. The number of hydrogen-bond acceptors (Lipinski definition) is 6. The van der Waals surface area contributed by atoms with Crippen LogP contribution in [0.4, 0.5) is 5.69 Å². The minimum atomic E-state index is -4.35. The normalized spacial score (nSPS) is 11.0. The first-order valence-electron chi connectivity index (χ1n) is 8.06. The lowest BCUT2D eigenvalue weighted by molar-refractivity contribution is -0.127. The number of nitrogens with zero attached hydrogens (tertiary/aromatic N) is 1. The standard InChI is InChI=1S/C16H18ClN5O6S/c1-8-13(15(25)20-16(26)19-8)29(27,28)21-9-4-5-10(11(17)6-9)14(24)18-7-12(23)22(2)3/h4-6,21H,7H2,1-3H3,(H,18,24)(H2,19,20,25,26). The van der Waals surface area contributed by atoms with Crippen molar-refractivity contribution in [3.8, 4) is 0 Å². The summed E-state index contributed by atoms with van der Waals surface area (Å²) in [4.78, 5) is 51.5. The second-order valence-corrected chi connectivity index (χ2v) is 8.16. The lowest BCUT2D eigenvalue weighted by Crippen LogP contribution is -2.36. The number of H-pyrrole nitrogens is 2. The summed E-state index contributed by atoms with van der Waals surface area (Å²) in [5, 5.41) is 2.33. The molecule has 2 amide bonds. The van der Waals surface area contributed by atoms with E-state index >= 15 is 0 Å². The number of likely N-dealkylation sites (N-methyl/N-ethyl adjacent to an activating group) is 1. The number of benzene rings is 1. The van der Waals surface area contributed by atoms with E-state index in [-0.39, 0.29) is 34.4 Å². The first-order chi connectivity index (χ1) is 13.4. The molecule has 156 valence electrons. The van der Waals surface area contributed by atoms with Gasteiger partial charge in [-0.1, -0.05) is 11.6 Å². The number of rotatable bonds is 6. The van der Waals surface area contributed by atoms with Crippen molar-refractivity contribution in [1.82, 2.24) is 20.2 Å². The molecule has 2 aromatic rings. The Morgan fingerprint density at radius 2 is 1.83 bits per heavy atom. The summed E-state index contributed by atoms with van der Waals surface area (Å²) in [5.74, 6) is -0.937. The molecule has 1 aromatic heterocycles. The van der Waals surface area contributed by atoms with E-state index in [0.29, 0.717) is 0 Å².